The number of aldehydes is 1. The lowest BCUT2D eigenvalue weighted by Crippen LogP contribution is -2.31. The van der Waals surface area contributed by atoms with Gasteiger partial charge in [-0.15, -0.1) is 0 Å². The van der Waals surface area contributed by atoms with Gasteiger partial charge in [0.15, 0.2) is 5.78 Å². The Morgan fingerprint density at radius 2 is 1.88 bits per heavy atom. The van der Waals surface area contributed by atoms with Crippen LogP contribution in [0.25, 0.3) is 0 Å². The van der Waals surface area contributed by atoms with E-state index in [1.54, 1.807) is 12.1 Å². The fraction of sp³-hybridized carbons (Fsp3) is 0.385. The zero-order chi connectivity index (χ0) is 23.6. The maximum atomic E-state index is 13.2. The number of Topliss-reactive ketones (excluding diaryl/α,β-unsaturated/α-hetero) is 1. The van der Waals surface area contributed by atoms with Crippen molar-refractivity contribution in [3.8, 4) is 5.75 Å². The molecule has 1 heterocycles. The van der Waals surface area contributed by atoms with E-state index in [2.05, 4.69) is 24.5 Å². The Bertz CT molecular complexity index is 1070. The molecule has 6 heteroatoms. The average Bonchev–Trinajstić information content (AvgIpc) is 2.85. The van der Waals surface area contributed by atoms with Crippen molar-refractivity contribution in [2.24, 2.45) is 11.3 Å². The molecule has 0 unspecified atom stereocenters. The summed E-state index contributed by atoms with van der Waals surface area (Å²) in [6.45, 7) is 9.88. The number of carbonyl (C=O) groups is 2. The first-order valence-electron chi connectivity index (χ1n) is 10.9. The van der Waals surface area contributed by atoms with Crippen LogP contribution in [0.15, 0.2) is 47.7 Å². The quantitative estimate of drug-likeness (QED) is 0.360. The number of benzene rings is 2. The Morgan fingerprint density at radius 1 is 1.19 bits per heavy atom. The molecule has 0 spiro atoms. The first kappa shape index (κ1) is 23.9. The maximum Gasteiger partial charge on any atom is 0.163 e. The third-order valence-electron chi connectivity index (χ3n) is 5.57. The highest BCUT2D eigenvalue weighted by Gasteiger charge is 2.39. The number of hydrogen-bond donors (Lipinski definition) is 3. The Kier molecular flexibility index (Phi) is 6.99. The normalized spacial score (nSPS) is 19.0. The van der Waals surface area contributed by atoms with Gasteiger partial charge in [0.25, 0.3) is 0 Å². The van der Waals surface area contributed by atoms with E-state index in [4.69, 9.17) is 11.6 Å². The van der Waals surface area contributed by atoms with Crippen LogP contribution in [0.3, 0.4) is 0 Å². The smallest absolute Gasteiger partial charge is 0.163 e. The molecule has 2 aromatic carbocycles. The maximum absolute atomic E-state index is 13.2. The van der Waals surface area contributed by atoms with E-state index in [1.165, 1.54) is 0 Å². The molecule has 170 valence electrons. The molecule has 1 aliphatic carbocycles. The van der Waals surface area contributed by atoms with Crippen LogP contribution in [0.1, 0.15) is 57.7 Å². The highest BCUT2D eigenvalue weighted by atomic mass is 35.5. The van der Waals surface area contributed by atoms with Crippen molar-refractivity contribution in [1.29, 1.82) is 0 Å². The summed E-state index contributed by atoms with van der Waals surface area (Å²) in [5.74, 6) is 0.462. The molecular weight excluding hydrogens is 424 g/mol. The molecular formula is C26H31ClN2O3. The van der Waals surface area contributed by atoms with Crippen molar-refractivity contribution in [2.45, 2.75) is 53.5 Å². The third kappa shape index (κ3) is 5.16. The van der Waals surface area contributed by atoms with E-state index in [-0.39, 0.29) is 28.9 Å². The summed E-state index contributed by atoms with van der Waals surface area (Å²) in [5, 5.41) is 17.8. The molecule has 0 fully saturated rings. The van der Waals surface area contributed by atoms with Gasteiger partial charge in [0.05, 0.1) is 11.7 Å². The number of halogens is 1. The second-order valence-corrected chi connectivity index (χ2v) is 10.0. The summed E-state index contributed by atoms with van der Waals surface area (Å²) in [6, 6.07) is 10.8. The number of carbonyl (C=O) groups excluding carboxylic acids is 2. The minimum absolute atomic E-state index is 0.107. The summed E-state index contributed by atoms with van der Waals surface area (Å²) in [6.07, 6.45) is 2.13. The second-order valence-electron chi connectivity index (χ2n) is 9.64. The van der Waals surface area contributed by atoms with Crippen molar-refractivity contribution >= 4 is 35.0 Å². The number of phenols is 1. The number of hydrogen-bond acceptors (Lipinski definition) is 5. The van der Waals surface area contributed by atoms with Gasteiger partial charge >= 0.3 is 0 Å². The fourth-order valence-corrected chi connectivity index (χ4v) is 4.40. The molecule has 32 heavy (non-hydrogen) atoms. The fourth-order valence-electron chi connectivity index (χ4n) is 4.05. The van der Waals surface area contributed by atoms with Crippen LogP contribution in [-0.4, -0.2) is 17.2 Å². The van der Waals surface area contributed by atoms with Crippen LogP contribution < -0.4 is 10.6 Å². The summed E-state index contributed by atoms with van der Waals surface area (Å²) in [5.41, 5.74) is 4.69. The van der Waals surface area contributed by atoms with E-state index >= 15 is 0 Å². The van der Waals surface area contributed by atoms with Crippen LogP contribution in [0.2, 0.25) is 5.02 Å². The number of fused-ring (bicyclic) bond motifs is 1. The van der Waals surface area contributed by atoms with Crippen LogP contribution >= 0.6 is 11.6 Å². The van der Waals surface area contributed by atoms with Gasteiger partial charge in [-0.1, -0.05) is 57.5 Å². The number of phenolic OH excluding ortho intramolecular Hbond substituents is 1. The van der Waals surface area contributed by atoms with Gasteiger partial charge in [-0.05, 0) is 48.1 Å². The lowest BCUT2D eigenvalue weighted by molar-refractivity contribution is -0.118. The third-order valence-corrected chi connectivity index (χ3v) is 5.89. The standard InChI is InChI=1S/C22H23ClN2O2.C4H8O/c1-12-7-8-13(14(23)9-12)20-19-16(10-22(2,3)11-18(19)27)25-21-15(24-20)5-4-6-17(21)26;1-4(2)3-5/h4-9,20,24-26H,10-11H2,1-3H3;3-4H,1-2H3/t20-;/m0./s1. The predicted octanol–water partition coefficient (Wildman–Crippen LogP) is 6.42. The molecule has 3 N–H and O–H groups in total. The van der Waals surface area contributed by atoms with Crippen molar-refractivity contribution in [2.75, 3.05) is 10.6 Å². The second kappa shape index (κ2) is 9.37. The zero-order valence-corrected chi connectivity index (χ0v) is 20.0. The first-order valence-corrected chi connectivity index (χ1v) is 11.2. The van der Waals surface area contributed by atoms with E-state index in [0.29, 0.717) is 22.7 Å². The number of ketones is 1. The van der Waals surface area contributed by atoms with Crippen molar-refractivity contribution in [3.63, 3.8) is 0 Å². The SMILES string of the molecule is CC(C)C=O.Cc1ccc([C@@H]2Nc3cccc(O)c3NC3=C2C(=O)CC(C)(C)C3)c(Cl)c1. The van der Waals surface area contributed by atoms with Gasteiger partial charge in [-0.25, -0.2) is 0 Å². The lowest BCUT2D eigenvalue weighted by Gasteiger charge is -2.34. The zero-order valence-electron chi connectivity index (χ0n) is 19.3. The molecule has 0 amide bonds. The average molecular weight is 455 g/mol. The highest BCUT2D eigenvalue weighted by Crippen LogP contribution is 2.48. The van der Waals surface area contributed by atoms with Gasteiger partial charge in [-0.2, -0.15) is 0 Å². The Labute approximate surface area is 194 Å². The number of para-hydroxylation sites is 1. The largest absolute Gasteiger partial charge is 0.506 e. The molecule has 0 bridgehead atoms. The number of nitrogens with one attached hydrogen (secondary N) is 2. The summed E-state index contributed by atoms with van der Waals surface area (Å²) in [4.78, 5) is 22.7. The first-order chi connectivity index (χ1) is 15.0. The van der Waals surface area contributed by atoms with E-state index in [1.807, 2.05) is 45.0 Å². The molecule has 0 radical (unpaired) electrons. The molecule has 5 nitrogen and oxygen atoms in total. The van der Waals surface area contributed by atoms with Gasteiger partial charge in [0, 0.05) is 28.6 Å². The minimum Gasteiger partial charge on any atom is -0.506 e. The molecule has 0 saturated heterocycles. The van der Waals surface area contributed by atoms with Crippen molar-refractivity contribution < 1.29 is 14.7 Å². The molecule has 4 rings (SSSR count). The topological polar surface area (TPSA) is 78.4 Å². The van der Waals surface area contributed by atoms with Crippen LogP contribution in [0, 0.1) is 18.3 Å². The van der Waals surface area contributed by atoms with Gasteiger partial charge in [0.2, 0.25) is 0 Å². The van der Waals surface area contributed by atoms with Crippen LogP contribution in [0.4, 0.5) is 11.4 Å². The molecule has 0 aromatic heterocycles. The molecule has 2 aliphatic rings. The Morgan fingerprint density at radius 3 is 2.50 bits per heavy atom. The minimum atomic E-state index is -0.368. The number of rotatable bonds is 2. The van der Waals surface area contributed by atoms with Crippen molar-refractivity contribution in [3.05, 3.63) is 63.8 Å². The monoisotopic (exact) mass is 454 g/mol. The summed E-state index contributed by atoms with van der Waals surface area (Å²) < 4.78 is 0. The molecule has 1 atom stereocenters. The number of aryl methyl sites for hydroxylation is 1. The Balaban J connectivity index is 0.000000523. The number of aromatic hydroxyl groups is 1. The van der Waals surface area contributed by atoms with Crippen molar-refractivity contribution in [1.82, 2.24) is 0 Å². The Hall–Kier alpha value is -2.79. The van der Waals surface area contributed by atoms with Gasteiger partial charge < -0.3 is 20.5 Å². The molecule has 0 saturated carbocycles. The predicted molar refractivity (Wildman–Crippen MR) is 130 cm³/mol. The van der Waals surface area contributed by atoms with Gasteiger partial charge in [-0.3, -0.25) is 4.79 Å². The number of allylic oxidation sites excluding steroid dienone is 1. The number of anilines is 2. The van der Waals surface area contributed by atoms with E-state index in [0.717, 1.165) is 35.2 Å². The van der Waals surface area contributed by atoms with Crippen LogP contribution in [0.5, 0.6) is 5.75 Å². The summed E-state index contributed by atoms with van der Waals surface area (Å²) >= 11 is 6.57. The van der Waals surface area contributed by atoms with Crippen LogP contribution in [-0.2, 0) is 9.59 Å². The van der Waals surface area contributed by atoms with Gasteiger partial charge in [0.1, 0.15) is 17.7 Å². The summed E-state index contributed by atoms with van der Waals surface area (Å²) in [7, 11) is 0. The highest BCUT2D eigenvalue weighted by molar-refractivity contribution is 6.31. The molecule has 2 aromatic rings. The van der Waals surface area contributed by atoms with E-state index < -0.39 is 0 Å². The van der Waals surface area contributed by atoms with E-state index in [9.17, 15) is 14.7 Å². The lowest BCUT2D eigenvalue weighted by atomic mass is 9.73. The molecule has 1 aliphatic heterocycles.